The summed E-state index contributed by atoms with van der Waals surface area (Å²) in [4.78, 5) is 0. The number of benzene rings is 1. The molecule has 7 heteroatoms. The van der Waals surface area contributed by atoms with Gasteiger partial charge in [-0.15, -0.1) is 5.46 Å². The van der Waals surface area contributed by atoms with Crippen molar-refractivity contribution in [1.82, 2.24) is 0 Å². The Labute approximate surface area is 140 Å². The summed E-state index contributed by atoms with van der Waals surface area (Å²) < 4.78 is 47.5. The first kappa shape index (κ1) is 15.5. The molecule has 0 amide bonds. The van der Waals surface area contributed by atoms with Crippen LogP contribution in [0.5, 0.6) is 5.75 Å². The van der Waals surface area contributed by atoms with E-state index in [0.29, 0.717) is 19.0 Å². The van der Waals surface area contributed by atoms with E-state index in [1.165, 1.54) is 12.1 Å². The Balaban J connectivity index is 0.00000144. The molecule has 1 atom stereocenters. The fraction of sp³-hybridized carbons (Fsp3) is 0.400. The average molecular weight is 270 g/mol. The van der Waals surface area contributed by atoms with Gasteiger partial charge in [-0.3, -0.25) is 0 Å². The number of hydrogen-bond acceptors (Lipinski definition) is 2. The monoisotopic (exact) mass is 270 g/mol. The Hall–Kier alpha value is 0.471. The Morgan fingerprint density at radius 3 is 2.29 bits per heavy atom. The molecule has 0 aliphatic carbocycles. The molecular formula is C10H11BF3KO2. The van der Waals surface area contributed by atoms with Crippen molar-refractivity contribution in [2.45, 2.75) is 12.5 Å². The fourth-order valence-electron chi connectivity index (χ4n) is 1.56. The van der Waals surface area contributed by atoms with Crippen LogP contribution >= 0.6 is 0 Å². The van der Waals surface area contributed by atoms with Crippen molar-refractivity contribution < 1.29 is 73.8 Å². The first-order valence-electron chi connectivity index (χ1n) is 5.10. The van der Waals surface area contributed by atoms with Gasteiger partial charge in [0.15, 0.2) is 0 Å². The zero-order valence-corrected chi connectivity index (χ0v) is 12.7. The van der Waals surface area contributed by atoms with Crippen molar-refractivity contribution in [3.63, 3.8) is 0 Å². The average Bonchev–Trinajstić information content (AvgIpc) is 2.70. The second kappa shape index (κ2) is 6.58. The summed E-state index contributed by atoms with van der Waals surface area (Å²) in [5.74, 6) is 0.458. The SMILES string of the molecule is F[B-](F)(F)c1ccc(OC2CCOC2)cc1.[K+]. The van der Waals surface area contributed by atoms with Crippen molar-refractivity contribution in [2.24, 2.45) is 0 Å². The van der Waals surface area contributed by atoms with E-state index in [2.05, 4.69) is 0 Å². The predicted molar refractivity (Wildman–Crippen MR) is 55.0 cm³/mol. The molecule has 0 saturated carbocycles. The van der Waals surface area contributed by atoms with Crippen molar-refractivity contribution in [1.29, 1.82) is 0 Å². The van der Waals surface area contributed by atoms with Gasteiger partial charge in [-0.05, 0) is 12.1 Å². The third-order valence-corrected chi connectivity index (χ3v) is 2.45. The van der Waals surface area contributed by atoms with Crippen LogP contribution in [0.1, 0.15) is 6.42 Å². The maximum absolute atomic E-state index is 12.3. The molecule has 17 heavy (non-hydrogen) atoms. The summed E-state index contributed by atoms with van der Waals surface area (Å²) in [6, 6.07) is 4.79. The van der Waals surface area contributed by atoms with E-state index in [1.807, 2.05) is 0 Å². The Morgan fingerprint density at radius 2 is 1.82 bits per heavy atom. The topological polar surface area (TPSA) is 18.5 Å². The normalized spacial score (nSPS) is 19.8. The minimum Gasteiger partial charge on any atom is -0.488 e. The van der Waals surface area contributed by atoms with Gasteiger partial charge in [0.2, 0.25) is 0 Å². The second-order valence-electron chi connectivity index (χ2n) is 3.75. The van der Waals surface area contributed by atoms with E-state index in [0.717, 1.165) is 18.6 Å². The molecule has 1 heterocycles. The molecule has 1 aliphatic heterocycles. The Bertz CT molecular complexity index is 350. The molecule has 0 spiro atoms. The van der Waals surface area contributed by atoms with E-state index in [-0.39, 0.29) is 57.5 Å². The molecular weight excluding hydrogens is 259 g/mol. The third-order valence-electron chi connectivity index (χ3n) is 2.45. The minimum atomic E-state index is -4.92. The first-order chi connectivity index (χ1) is 7.55. The molecule has 2 rings (SSSR count). The number of hydrogen-bond donors (Lipinski definition) is 0. The number of halogens is 3. The summed E-state index contributed by atoms with van der Waals surface area (Å²) >= 11 is 0. The summed E-state index contributed by atoms with van der Waals surface area (Å²) in [6.07, 6.45) is 0.743. The summed E-state index contributed by atoms with van der Waals surface area (Å²) in [5, 5.41) is 0. The molecule has 0 N–H and O–H groups in total. The van der Waals surface area contributed by atoms with Gasteiger partial charge in [0.05, 0.1) is 13.2 Å². The minimum absolute atomic E-state index is 0. The third kappa shape index (κ3) is 4.57. The summed E-state index contributed by atoms with van der Waals surface area (Å²) in [5.41, 5.74) is -0.602. The van der Waals surface area contributed by atoms with Gasteiger partial charge in [0.1, 0.15) is 11.9 Å². The van der Waals surface area contributed by atoms with Crippen LogP contribution in [0.25, 0.3) is 0 Å². The zero-order chi connectivity index (χ0) is 11.6. The largest absolute Gasteiger partial charge is 1.00 e. The summed E-state index contributed by atoms with van der Waals surface area (Å²) in [6.45, 7) is -3.77. The molecule has 1 unspecified atom stereocenters. The second-order valence-corrected chi connectivity index (χ2v) is 3.75. The zero-order valence-electron chi connectivity index (χ0n) is 9.54. The maximum Gasteiger partial charge on any atom is 1.00 e. The fourth-order valence-corrected chi connectivity index (χ4v) is 1.56. The smallest absolute Gasteiger partial charge is 0.488 e. The van der Waals surface area contributed by atoms with Crippen LogP contribution in [0.3, 0.4) is 0 Å². The van der Waals surface area contributed by atoms with Gasteiger partial charge in [0.25, 0.3) is 0 Å². The molecule has 1 aromatic rings. The quantitative estimate of drug-likeness (QED) is 0.650. The van der Waals surface area contributed by atoms with Gasteiger partial charge >= 0.3 is 58.4 Å². The molecule has 1 fully saturated rings. The van der Waals surface area contributed by atoms with E-state index in [4.69, 9.17) is 9.47 Å². The van der Waals surface area contributed by atoms with Crippen LogP contribution in [-0.4, -0.2) is 26.3 Å². The van der Waals surface area contributed by atoms with Crippen LogP contribution in [0.15, 0.2) is 24.3 Å². The molecule has 1 aliphatic rings. The molecule has 0 radical (unpaired) electrons. The standard InChI is InChI=1S/C10H11BF3O2.K/c12-11(13,14)8-1-3-9(4-2-8)16-10-5-6-15-7-10;/h1-4,10H,5-7H2;/q-1;+1. The van der Waals surface area contributed by atoms with Gasteiger partial charge < -0.3 is 22.4 Å². The molecule has 2 nitrogen and oxygen atoms in total. The van der Waals surface area contributed by atoms with Gasteiger partial charge in [-0.25, -0.2) is 0 Å². The van der Waals surface area contributed by atoms with Crippen LogP contribution in [0, 0.1) is 0 Å². The maximum atomic E-state index is 12.3. The predicted octanol–water partition coefficient (Wildman–Crippen LogP) is -1.09. The van der Waals surface area contributed by atoms with E-state index in [1.54, 1.807) is 0 Å². The Morgan fingerprint density at radius 1 is 1.18 bits per heavy atom. The number of rotatable bonds is 3. The van der Waals surface area contributed by atoms with E-state index >= 15 is 0 Å². The van der Waals surface area contributed by atoms with Crippen LogP contribution in [0.2, 0.25) is 0 Å². The van der Waals surface area contributed by atoms with Gasteiger partial charge in [-0.2, -0.15) is 0 Å². The van der Waals surface area contributed by atoms with Crippen molar-refractivity contribution in [3.8, 4) is 5.75 Å². The molecule has 1 aromatic carbocycles. The van der Waals surface area contributed by atoms with Crippen molar-refractivity contribution in [3.05, 3.63) is 24.3 Å². The molecule has 0 aromatic heterocycles. The number of ether oxygens (including phenoxy) is 2. The first-order valence-corrected chi connectivity index (χ1v) is 5.10. The molecule has 0 bridgehead atoms. The van der Waals surface area contributed by atoms with E-state index < -0.39 is 12.4 Å². The van der Waals surface area contributed by atoms with Crippen molar-refractivity contribution >= 4 is 12.4 Å². The molecule has 1 saturated heterocycles. The van der Waals surface area contributed by atoms with Crippen molar-refractivity contribution in [2.75, 3.05) is 13.2 Å². The van der Waals surface area contributed by atoms with E-state index in [9.17, 15) is 12.9 Å². The summed E-state index contributed by atoms with van der Waals surface area (Å²) in [7, 11) is 0. The molecule has 88 valence electrons. The van der Waals surface area contributed by atoms with Crippen LogP contribution < -0.4 is 61.6 Å². The van der Waals surface area contributed by atoms with Crippen LogP contribution in [0.4, 0.5) is 12.9 Å². The van der Waals surface area contributed by atoms with Crippen LogP contribution in [-0.2, 0) is 4.74 Å². The van der Waals surface area contributed by atoms with Gasteiger partial charge in [0, 0.05) is 6.42 Å². The van der Waals surface area contributed by atoms with Gasteiger partial charge in [-0.1, -0.05) is 12.1 Å². The Kier molecular flexibility index (Phi) is 6.01.